The zero-order valence-electron chi connectivity index (χ0n) is 9.25. The first-order chi connectivity index (χ1) is 9.22. The van der Waals surface area contributed by atoms with Crippen molar-refractivity contribution in [2.75, 3.05) is 4.72 Å². The van der Waals surface area contributed by atoms with Crippen LogP contribution in [-0.2, 0) is 10.0 Å². The van der Waals surface area contributed by atoms with E-state index >= 15 is 0 Å². The maximum atomic E-state index is 13.7. The van der Waals surface area contributed by atoms with Gasteiger partial charge in [-0.1, -0.05) is 23.2 Å². The third-order valence-corrected chi connectivity index (χ3v) is 7.67. The summed E-state index contributed by atoms with van der Waals surface area (Å²) in [6.07, 6.45) is 0. The molecule has 0 bridgehead atoms. The first-order valence-corrected chi connectivity index (χ1v) is 9.76. The van der Waals surface area contributed by atoms with Crippen LogP contribution in [0.25, 0.3) is 0 Å². The molecule has 1 N–H and O–H groups in total. The minimum absolute atomic E-state index is 0.000273. The highest BCUT2D eigenvalue weighted by molar-refractivity contribution is 14.1. The van der Waals surface area contributed by atoms with Crippen LogP contribution in [0.4, 0.5) is 10.1 Å². The summed E-state index contributed by atoms with van der Waals surface area (Å²) >= 11 is 17.6. The zero-order chi connectivity index (χ0) is 15.1. The molecule has 10 heteroatoms. The van der Waals surface area contributed by atoms with Crippen molar-refractivity contribution in [2.45, 2.75) is 4.90 Å². The average Bonchev–Trinajstić information content (AvgIpc) is 2.57. The van der Waals surface area contributed by atoms with Gasteiger partial charge in [-0.25, -0.2) is 12.8 Å². The van der Waals surface area contributed by atoms with Crippen molar-refractivity contribution in [3.8, 4) is 0 Å². The minimum atomic E-state index is -4.03. The van der Waals surface area contributed by atoms with E-state index < -0.39 is 15.8 Å². The first-order valence-electron chi connectivity index (χ1n) is 4.83. The van der Waals surface area contributed by atoms with E-state index in [-0.39, 0.29) is 23.7 Å². The average molecular weight is 531 g/mol. The van der Waals surface area contributed by atoms with E-state index in [1.807, 2.05) is 22.6 Å². The summed E-state index contributed by atoms with van der Waals surface area (Å²) in [5.74, 6) is -0.672. The molecule has 0 saturated heterocycles. The van der Waals surface area contributed by atoms with Crippen LogP contribution in [0.3, 0.4) is 0 Å². The molecule has 20 heavy (non-hydrogen) atoms. The maximum absolute atomic E-state index is 13.7. The standard InChI is InChI=1S/C10H4BrCl2FINO2S2/c11-7-8(10(13)19-9(7)12)20(17,18)16-6-2-1-4(15)3-5(6)14/h1-3,16H. The molecule has 0 fully saturated rings. The van der Waals surface area contributed by atoms with Crippen LogP contribution in [-0.4, -0.2) is 8.42 Å². The zero-order valence-corrected chi connectivity index (χ0v) is 16.1. The molecule has 0 radical (unpaired) electrons. The van der Waals surface area contributed by atoms with Gasteiger partial charge in [-0.2, -0.15) is 0 Å². The van der Waals surface area contributed by atoms with Gasteiger partial charge in [-0.05, 0) is 56.7 Å². The number of halogens is 5. The Hall–Kier alpha value is 0.390. The molecule has 0 unspecified atom stereocenters. The number of hydrogen-bond donors (Lipinski definition) is 1. The summed E-state index contributed by atoms with van der Waals surface area (Å²) in [6.45, 7) is 0. The molecule has 1 aromatic heterocycles. The summed E-state index contributed by atoms with van der Waals surface area (Å²) in [5.41, 5.74) is -0.157. The molecule has 1 heterocycles. The lowest BCUT2D eigenvalue weighted by Crippen LogP contribution is -2.14. The first kappa shape index (κ1) is 16.8. The van der Waals surface area contributed by atoms with Gasteiger partial charge in [0.15, 0.2) is 0 Å². The Kier molecular flexibility index (Phi) is 5.24. The van der Waals surface area contributed by atoms with E-state index in [4.69, 9.17) is 23.2 Å². The van der Waals surface area contributed by atoms with Crippen molar-refractivity contribution in [2.24, 2.45) is 0 Å². The van der Waals surface area contributed by atoms with E-state index in [2.05, 4.69) is 20.7 Å². The van der Waals surface area contributed by atoms with Gasteiger partial charge in [0.1, 0.15) is 19.4 Å². The second-order valence-electron chi connectivity index (χ2n) is 3.52. The molecule has 108 valence electrons. The third-order valence-electron chi connectivity index (χ3n) is 2.17. The molecular weight excluding hydrogens is 527 g/mol. The number of benzene rings is 1. The van der Waals surface area contributed by atoms with Crippen molar-refractivity contribution in [1.82, 2.24) is 0 Å². The van der Waals surface area contributed by atoms with Gasteiger partial charge in [0.05, 0.1) is 10.2 Å². The number of nitrogens with one attached hydrogen (secondary N) is 1. The summed E-state index contributed by atoms with van der Waals surface area (Å²) in [4.78, 5) is -0.202. The molecule has 0 amide bonds. The van der Waals surface area contributed by atoms with Crippen LogP contribution in [0, 0.1) is 9.39 Å². The highest BCUT2D eigenvalue weighted by Crippen LogP contribution is 2.43. The Bertz CT molecular complexity index is 782. The molecule has 1 aromatic carbocycles. The fourth-order valence-electron chi connectivity index (χ4n) is 1.34. The Labute approximate surface area is 150 Å². The number of hydrogen-bond acceptors (Lipinski definition) is 3. The van der Waals surface area contributed by atoms with Crippen molar-refractivity contribution in [3.05, 3.63) is 40.7 Å². The SMILES string of the molecule is O=S(=O)(Nc1ccc(I)cc1F)c1c(Cl)sc(Cl)c1Br. The molecule has 0 aliphatic rings. The molecule has 3 nitrogen and oxygen atoms in total. The van der Waals surface area contributed by atoms with Gasteiger partial charge in [0.25, 0.3) is 10.0 Å². The van der Waals surface area contributed by atoms with Gasteiger partial charge < -0.3 is 0 Å². The largest absolute Gasteiger partial charge is 0.277 e. The van der Waals surface area contributed by atoms with E-state index in [0.717, 1.165) is 11.3 Å². The van der Waals surface area contributed by atoms with Crippen LogP contribution in [0.2, 0.25) is 8.67 Å². The monoisotopic (exact) mass is 529 g/mol. The topological polar surface area (TPSA) is 46.2 Å². The molecule has 0 spiro atoms. The van der Waals surface area contributed by atoms with E-state index in [1.54, 1.807) is 6.07 Å². The van der Waals surface area contributed by atoms with E-state index in [0.29, 0.717) is 3.57 Å². The van der Waals surface area contributed by atoms with Gasteiger partial charge in [0.2, 0.25) is 0 Å². The van der Waals surface area contributed by atoms with Gasteiger partial charge in [-0.3, -0.25) is 4.72 Å². The quantitative estimate of drug-likeness (QED) is 0.543. The lowest BCUT2D eigenvalue weighted by Gasteiger charge is -2.09. The highest BCUT2D eigenvalue weighted by atomic mass is 127. The molecule has 0 saturated carbocycles. The van der Waals surface area contributed by atoms with E-state index in [1.165, 1.54) is 12.1 Å². The smallest absolute Gasteiger partial charge is 0.265 e. The third kappa shape index (κ3) is 3.41. The van der Waals surface area contributed by atoms with Crippen molar-refractivity contribution in [1.29, 1.82) is 0 Å². The normalized spacial score (nSPS) is 11.7. The summed E-state index contributed by atoms with van der Waals surface area (Å²) < 4.78 is 41.4. The Morgan fingerprint density at radius 3 is 2.45 bits per heavy atom. The van der Waals surface area contributed by atoms with Gasteiger partial charge in [-0.15, -0.1) is 11.3 Å². The van der Waals surface area contributed by atoms with Crippen LogP contribution in [0.15, 0.2) is 27.6 Å². The van der Waals surface area contributed by atoms with Gasteiger partial charge >= 0.3 is 0 Å². The number of thiophene rings is 1. The summed E-state index contributed by atoms with van der Waals surface area (Å²) in [7, 11) is -4.03. The van der Waals surface area contributed by atoms with Crippen LogP contribution in [0.1, 0.15) is 0 Å². The van der Waals surface area contributed by atoms with Gasteiger partial charge in [0, 0.05) is 3.57 Å². The number of rotatable bonds is 3. The predicted molar refractivity (Wildman–Crippen MR) is 92.0 cm³/mol. The number of anilines is 1. The molecule has 2 rings (SSSR count). The van der Waals surface area contributed by atoms with Crippen LogP contribution in [0.5, 0.6) is 0 Å². The summed E-state index contributed by atoms with van der Waals surface area (Å²) in [5, 5.41) is 0. The Morgan fingerprint density at radius 2 is 1.95 bits per heavy atom. The second kappa shape index (κ2) is 6.25. The van der Waals surface area contributed by atoms with E-state index in [9.17, 15) is 12.8 Å². The number of sulfonamides is 1. The lowest BCUT2D eigenvalue weighted by molar-refractivity contribution is 0.598. The van der Waals surface area contributed by atoms with Crippen LogP contribution < -0.4 is 4.72 Å². The van der Waals surface area contributed by atoms with Crippen molar-refractivity contribution >= 4 is 88.8 Å². The maximum Gasteiger partial charge on any atom is 0.265 e. The molecular formula is C10H4BrCl2FINO2S2. The minimum Gasteiger partial charge on any atom is -0.277 e. The predicted octanol–water partition coefficient (Wildman–Crippen LogP) is 5.36. The molecule has 0 aliphatic carbocycles. The Morgan fingerprint density at radius 1 is 1.30 bits per heavy atom. The molecule has 2 aromatic rings. The second-order valence-corrected chi connectivity index (χ2v) is 9.40. The highest BCUT2D eigenvalue weighted by Gasteiger charge is 2.27. The van der Waals surface area contributed by atoms with Crippen molar-refractivity contribution < 1.29 is 12.8 Å². The fraction of sp³-hybridized carbons (Fsp3) is 0. The Balaban J connectivity index is 2.46. The lowest BCUT2D eigenvalue weighted by atomic mass is 10.3. The van der Waals surface area contributed by atoms with Crippen molar-refractivity contribution in [3.63, 3.8) is 0 Å². The molecule has 0 atom stereocenters. The fourth-order valence-corrected chi connectivity index (χ4v) is 6.42. The molecule has 0 aliphatic heterocycles. The van der Waals surface area contributed by atoms with Crippen LogP contribution >= 0.6 is 73.1 Å². The summed E-state index contributed by atoms with van der Waals surface area (Å²) in [6, 6.07) is 4.14.